The summed E-state index contributed by atoms with van der Waals surface area (Å²) in [4.78, 5) is 3.70. The summed E-state index contributed by atoms with van der Waals surface area (Å²) in [7, 11) is 0. The van der Waals surface area contributed by atoms with Gasteiger partial charge >= 0.3 is 0 Å². The molecule has 92 valence electrons. The van der Waals surface area contributed by atoms with Crippen molar-refractivity contribution in [3.05, 3.63) is 11.4 Å². The molecule has 0 heterocycles. The fraction of sp³-hybridized carbons (Fsp3) is 0.923. The van der Waals surface area contributed by atoms with Crippen LogP contribution in [0.15, 0.2) is 0 Å². The Bertz CT molecular complexity index is 284. The Labute approximate surface area is 97.7 Å². The molecule has 1 aliphatic carbocycles. The molecule has 0 aliphatic heterocycles. The van der Waals surface area contributed by atoms with E-state index in [2.05, 4.69) is 4.85 Å². The van der Waals surface area contributed by atoms with Crippen molar-refractivity contribution >= 4 is 0 Å². The molecule has 4 unspecified atom stereocenters. The van der Waals surface area contributed by atoms with Gasteiger partial charge in [0.25, 0.3) is 0 Å². The van der Waals surface area contributed by atoms with Crippen molar-refractivity contribution in [3.63, 3.8) is 0 Å². The molecule has 0 saturated heterocycles. The van der Waals surface area contributed by atoms with Gasteiger partial charge in [-0.05, 0) is 11.8 Å². The topological polar surface area (TPSA) is 24.6 Å². The number of nitrogens with zero attached hydrogens (tertiary/aromatic N) is 1. The van der Waals surface area contributed by atoms with Gasteiger partial charge in [0, 0.05) is 12.3 Å². The smallest absolute Gasteiger partial charge is 0.243 e. The van der Waals surface area contributed by atoms with E-state index in [1.165, 1.54) is 0 Å². The normalized spacial score (nSPS) is 39.3. The van der Waals surface area contributed by atoms with Crippen molar-refractivity contribution in [1.29, 1.82) is 0 Å². The van der Waals surface area contributed by atoms with E-state index in [-0.39, 0.29) is 11.8 Å². The van der Waals surface area contributed by atoms with Gasteiger partial charge in [0.1, 0.15) is 6.67 Å². The summed E-state index contributed by atoms with van der Waals surface area (Å²) in [5.41, 5.74) is -0.705. The van der Waals surface area contributed by atoms with Crippen molar-refractivity contribution in [3.8, 4) is 0 Å². The van der Waals surface area contributed by atoms with Crippen molar-refractivity contribution in [1.82, 2.24) is 0 Å². The van der Waals surface area contributed by atoms with E-state index in [0.717, 1.165) is 0 Å². The lowest BCUT2D eigenvalue weighted by molar-refractivity contribution is 0.0503. The summed E-state index contributed by atoms with van der Waals surface area (Å²) in [6, 6.07) is 0. The number of hydrogen-bond donors (Lipinski definition) is 1. The largest absolute Gasteiger partial charge is 0.392 e. The lowest BCUT2D eigenvalue weighted by Crippen LogP contribution is -2.40. The SMILES string of the molecule is [C-]#[N+]C1(C(C)C)CC(C(C)C)C(O)C1CF. The molecule has 0 amide bonds. The predicted molar refractivity (Wildman–Crippen MR) is 62.6 cm³/mol. The van der Waals surface area contributed by atoms with Crippen LogP contribution in [0.4, 0.5) is 4.39 Å². The van der Waals surface area contributed by atoms with E-state index in [1.807, 2.05) is 27.7 Å². The predicted octanol–water partition coefficient (Wildman–Crippen LogP) is 2.92. The minimum atomic E-state index is -0.705. The van der Waals surface area contributed by atoms with Crippen LogP contribution < -0.4 is 0 Å². The third-order valence-electron chi connectivity index (χ3n) is 4.29. The van der Waals surface area contributed by atoms with E-state index >= 15 is 0 Å². The van der Waals surface area contributed by atoms with Crippen LogP contribution in [0.3, 0.4) is 0 Å². The molecule has 1 fully saturated rings. The third-order valence-corrected chi connectivity index (χ3v) is 4.29. The van der Waals surface area contributed by atoms with E-state index in [0.29, 0.717) is 12.3 Å². The van der Waals surface area contributed by atoms with Gasteiger partial charge in [-0.2, -0.15) is 0 Å². The Morgan fingerprint density at radius 3 is 2.25 bits per heavy atom. The van der Waals surface area contributed by atoms with Gasteiger partial charge in [0.15, 0.2) is 0 Å². The zero-order valence-electron chi connectivity index (χ0n) is 10.6. The van der Waals surface area contributed by atoms with Gasteiger partial charge in [-0.3, -0.25) is 4.39 Å². The highest BCUT2D eigenvalue weighted by atomic mass is 19.1. The van der Waals surface area contributed by atoms with Crippen LogP contribution in [0.2, 0.25) is 0 Å². The lowest BCUT2D eigenvalue weighted by atomic mass is 9.78. The van der Waals surface area contributed by atoms with Crippen molar-refractivity contribution < 1.29 is 9.50 Å². The van der Waals surface area contributed by atoms with E-state index in [9.17, 15) is 9.50 Å². The molecule has 3 heteroatoms. The molecular weight excluding hydrogens is 205 g/mol. The molecule has 0 spiro atoms. The van der Waals surface area contributed by atoms with Gasteiger partial charge < -0.3 is 9.95 Å². The first-order chi connectivity index (χ1) is 7.40. The molecule has 0 bridgehead atoms. The molecule has 0 aromatic heterocycles. The minimum absolute atomic E-state index is 0.0530. The van der Waals surface area contributed by atoms with Crippen LogP contribution in [0.25, 0.3) is 4.85 Å². The maximum Gasteiger partial charge on any atom is 0.243 e. The maximum absolute atomic E-state index is 13.1. The highest BCUT2D eigenvalue weighted by molar-refractivity contribution is 5.15. The molecule has 2 nitrogen and oxygen atoms in total. The Balaban J connectivity index is 3.08. The minimum Gasteiger partial charge on any atom is -0.392 e. The van der Waals surface area contributed by atoms with Gasteiger partial charge in [-0.1, -0.05) is 27.7 Å². The molecule has 4 atom stereocenters. The average Bonchev–Trinajstić information content (AvgIpc) is 2.52. The van der Waals surface area contributed by atoms with Crippen LogP contribution in [-0.4, -0.2) is 23.4 Å². The molecule has 1 rings (SSSR count). The van der Waals surface area contributed by atoms with Gasteiger partial charge in [0.2, 0.25) is 5.54 Å². The van der Waals surface area contributed by atoms with Crippen molar-refractivity contribution in [2.45, 2.75) is 45.8 Å². The summed E-state index contributed by atoms with van der Waals surface area (Å²) >= 11 is 0. The molecule has 1 saturated carbocycles. The first kappa shape index (κ1) is 13.4. The first-order valence-electron chi connectivity index (χ1n) is 6.03. The number of hydrogen-bond acceptors (Lipinski definition) is 1. The number of aliphatic hydroxyl groups is 1. The van der Waals surface area contributed by atoms with Gasteiger partial charge in [-0.25, -0.2) is 6.57 Å². The van der Waals surface area contributed by atoms with Crippen LogP contribution >= 0.6 is 0 Å². The molecule has 0 aromatic rings. The van der Waals surface area contributed by atoms with Crippen LogP contribution in [-0.2, 0) is 0 Å². The summed E-state index contributed by atoms with van der Waals surface area (Å²) in [5.74, 6) is -0.0785. The first-order valence-corrected chi connectivity index (χ1v) is 6.03. The monoisotopic (exact) mass is 227 g/mol. The molecule has 16 heavy (non-hydrogen) atoms. The number of alkyl halides is 1. The molecular formula is C13H22FNO. The Hall–Kier alpha value is -0.620. The van der Waals surface area contributed by atoms with E-state index < -0.39 is 24.2 Å². The van der Waals surface area contributed by atoms with Crippen LogP contribution in [0, 0.1) is 30.2 Å². The van der Waals surface area contributed by atoms with E-state index in [1.54, 1.807) is 0 Å². The van der Waals surface area contributed by atoms with Crippen LogP contribution in [0.1, 0.15) is 34.1 Å². The maximum atomic E-state index is 13.1. The summed E-state index contributed by atoms with van der Waals surface area (Å²) in [6.07, 6.45) is -0.0387. The number of halogens is 1. The second-order valence-corrected chi connectivity index (χ2v) is 5.62. The Morgan fingerprint density at radius 2 is 2.00 bits per heavy atom. The highest BCUT2D eigenvalue weighted by Gasteiger charge is 2.60. The number of aliphatic hydroxyl groups excluding tert-OH is 1. The summed E-state index contributed by atoms with van der Waals surface area (Å²) in [5, 5.41) is 10.2. The molecule has 1 aliphatic rings. The lowest BCUT2D eigenvalue weighted by Gasteiger charge is -2.26. The third kappa shape index (κ3) is 1.84. The Morgan fingerprint density at radius 1 is 1.44 bits per heavy atom. The molecule has 0 aromatic carbocycles. The highest BCUT2D eigenvalue weighted by Crippen LogP contribution is 2.49. The fourth-order valence-corrected chi connectivity index (χ4v) is 3.02. The molecule has 1 N–H and O–H groups in total. The van der Waals surface area contributed by atoms with E-state index in [4.69, 9.17) is 6.57 Å². The van der Waals surface area contributed by atoms with Crippen LogP contribution in [0.5, 0.6) is 0 Å². The van der Waals surface area contributed by atoms with Crippen molar-refractivity contribution in [2.75, 3.05) is 6.67 Å². The number of rotatable bonds is 3. The summed E-state index contributed by atoms with van der Waals surface area (Å²) in [6.45, 7) is 14.8. The second kappa shape index (κ2) is 4.71. The zero-order valence-corrected chi connectivity index (χ0v) is 10.6. The van der Waals surface area contributed by atoms with Gasteiger partial charge in [-0.15, -0.1) is 0 Å². The van der Waals surface area contributed by atoms with Gasteiger partial charge in [0.05, 0.1) is 12.0 Å². The fourth-order valence-electron chi connectivity index (χ4n) is 3.02. The quantitative estimate of drug-likeness (QED) is 0.737. The zero-order chi connectivity index (χ0) is 12.5. The Kier molecular flexibility index (Phi) is 3.96. The second-order valence-electron chi connectivity index (χ2n) is 5.62. The average molecular weight is 227 g/mol. The van der Waals surface area contributed by atoms with Crippen molar-refractivity contribution in [2.24, 2.45) is 23.7 Å². The standard InChI is InChI=1S/C13H22FNO/c1-8(2)10-6-13(15-5,9(3)4)11(7-14)12(10)16/h8-12,16H,6-7H2,1-4H3. The summed E-state index contributed by atoms with van der Waals surface area (Å²) < 4.78 is 13.1. The molecule has 0 radical (unpaired) electrons.